The molecule has 0 aliphatic heterocycles. The zero-order valence-electron chi connectivity index (χ0n) is 7.76. The van der Waals surface area contributed by atoms with Crippen molar-refractivity contribution >= 4 is 5.69 Å². The maximum atomic E-state index is 3.07. The summed E-state index contributed by atoms with van der Waals surface area (Å²) in [6.07, 6.45) is 0. The van der Waals surface area contributed by atoms with Crippen molar-refractivity contribution in [1.29, 1.82) is 0 Å². The summed E-state index contributed by atoms with van der Waals surface area (Å²) < 4.78 is 0. The molecule has 0 amide bonds. The van der Waals surface area contributed by atoms with Crippen LogP contribution >= 0.6 is 0 Å². The van der Waals surface area contributed by atoms with Crippen LogP contribution in [0.1, 0.15) is 12.5 Å². The highest BCUT2D eigenvalue weighted by Crippen LogP contribution is 2.15. The van der Waals surface area contributed by atoms with Gasteiger partial charge in [0.15, 0.2) is 0 Å². The second kappa shape index (κ2) is 3.82. The van der Waals surface area contributed by atoms with Crippen LogP contribution in [-0.2, 0) is 0 Å². The lowest BCUT2D eigenvalue weighted by Gasteiger charge is -2.13. The van der Waals surface area contributed by atoms with Gasteiger partial charge in [0.05, 0.1) is 5.69 Å². The van der Waals surface area contributed by atoms with Gasteiger partial charge in [-0.3, -0.25) is 0 Å². The Morgan fingerprint density at radius 1 is 1.17 bits per heavy atom. The second-order valence-corrected chi connectivity index (χ2v) is 2.79. The van der Waals surface area contributed by atoms with Gasteiger partial charge in [-0.2, -0.15) is 0 Å². The van der Waals surface area contributed by atoms with Crippen molar-refractivity contribution < 1.29 is 0 Å². The summed E-state index contributed by atoms with van der Waals surface area (Å²) in [5.74, 6) is 5.97. The first-order valence-corrected chi connectivity index (χ1v) is 3.95. The third-order valence-electron chi connectivity index (χ3n) is 1.65. The fourth-order valence-electron chi connectivity index (χ4n) is 1.10. The van der Waals surface area contributed by atoms with Crippen LogP contribution < -0.4 is 4.90 Å². The number of rotatable bonds is 1. The van der Waals surface area contributed by atoms with E-state index < -0.39 is 0 Å². The minimum atomic E-state index is 1.09. The normalized spacial score (nSPS) is 8.58. The van der Waals surface area contributed by atoms with Gasteiger partial charge in [0, 0.05) is 19.7 Å². The van der Waals surface area contributed by atoms with Gasteiger partial charge in [0.1, 0.15) is 0 Å². The van der Waals surface area contributed by atoms with E-state index in [1.54, 1.807) is 0 Å². The molecule has 62 valence electrons. The lowest BCUT2D eigenvalue weighted by atomic mass is 10.2. The molecule has 0 aliphatic rings. The number of nitrogens with zero attached hydrogens (tertiary/aromatic N) is 1. The molecule has 1 heteroatoms. The van der Waals surface area contributed by atoms with Crippen molar-refractivity contribution in [3.05, 3.63) is 29.8 Å². The molecule has 12 heavy (non-hydrogen) atoms. The van der Waals surface area contributed by atoms with E-state index in [2.05, 4.69) is 22.8 Å². The first-order valence-electron chi connectivity index (χ1n) is 3.95. The molecular weight excluding hydrogens is 146 g/mol. The third-order valence-corrected chi connectivity index (χ3v) is 1.65. The Morgan fingerprint density at radius 2 is 1.83 bits per heavy atom. The summed E-state index contributed by atoms with van der Waals surface area (Å²) >= 11 is 0. The molecule has 0 bridgehead atoms. The van der Waals surface area contributed by atoms with Gasteiger partial charge in [0.2, 0.25) is 0 Å². The van der Waals surface area contributed by atoms with Gasteiger partial charge >= 0.3 is 0 Å². The summed E-state index contributed by atoms with van der Waals surface area (Å²) in [5, 5.41) is 0. The van der Waals surface area contributed by atoms with Crippen molar-refractivity contribution in [3.63, 3.8) is 0 Å². The molecule has 0 spiro atoms. The zero-order chi connectivity index (χ0) is 8.97. The zero-order valence-corrected chi connectivity index (χ0v) is 7.76. The standard InChI is InChI=1S/C11H13N/c1-4-7-10-8-5-6-9-11(10)12(2)3/h5-6,8-9H,1-3H3. The van der Waals surface area contributed by atoms with E-state index in [1.807, 2.05) is 39.2 Å². The predicted molar refractivity (Wildman–Crippen MR) is 53.3 cm³/mol. The van der Waals surface area contributed by atoms with Gasteiger partial charge in [-0.25, -0.2) is 0 Å². The van der Waals surface area contributed by atoms with Crippen LogP contribution in [0.25, 0.3) is 0 Å². The van der Waals surface area contributed by atoms with Crippen LogP contribution in [0.5, 0.6) is 0 Å². The highest BCUT2D eigenvalue weighted by atomic mass is 15.1. The van der Waals surface area contributed by atoms with Crippen molar-refractivity contribution in [2.45, 2.75) is 6.92 Å². The Morgan fingerprint density at radius 3 is 2.42 bits per heavy atom. The Labute approximate surface area is 74.0 Å². The molecule has 0 saturated carbocycles. The third kappa shape index (κ3) is 1.79. The quantitative estimate of drug-likeness (QED) is 0.567. The van der Waals surface area contributed by atoms with Crippen LogP contribution in [0, 0.1) is 11.8 Å². The van der Waals surface area contributed by atoms with E-state index in [0.29, 0.717) is 0 Å². The molecule has 1 nitrogen and oxygen atoms in total. The van der Waals surface area contributed by atoms with Gasteiger partial charge in [-0.05, 0) is 19.1 Å². The van der Waals surface area contributed by atoms with E-state index in [4.69, 9.17) is 0 Å². The molecule has 0 atom stereocenters. The molecule has 0 heterocycles. The van der Waals surface area contributed by atoms with Crippen molar-refractivity contribution in [1.82, 2.24) is 0 Å². The Hall–Kier alpha value is -1.42. The summed E-state index contributed by atoms with van der Waals surface area (Å²) in [5.41, 5.74) is 2.26. The van der Waals surface area contributed by atoms with E-state index in [9.17, 15) is 0 Å². The molecule has 0 N–H and O–H groups in total. The van der Waals surface area contributed by atoms with E-state index in [1.165, 1.54) is 5.69 Å². The number of anilines is 1. The van der Waals surface area contributed by atoms with Crippen LogP contribution in [0.3, 0.4) is 0 Å². The highest BCUT2D eigenvalue weighted by molar-refractivity contribution is 5.59. The smallest absolute Gasteiger partial charge is 0.0520 e. The predicted octanol–water partition coefficient (Wildman–Crippen LogP) is 2.12. The molecule has 0 fully saturated rings. The molecule has 0 aromatic heterocycles. The number of hydrogen-bond acceptors (Lipinski definition) is 1. The number of hydrogen-bond donors (Lipinski definition) is 0. The fourth-order valence-corrected chi connectivity index (χ4v) is 1.10. The van der Waals surface area contributed by atoms with E-state index >= 15 is 0 Å². The van der Waals surface area contributed by atoms with E-state index in [0.717, 1.165) is 5.56 Å². The molecule has 0 saturated heterocycles. The van der Waals surface area contributed by atoms with Crippen LogP contribution in [0.15, 0.2) is 24.3 Å². The van der Waals surface area contributed by atoms with Crippen LogP contribution in [0.2, 0.25) is 0 Å². The summed E-state index contributed by atoms with van der Waals surface area (Å²) in [6, 6.07) is 8.13. The average molecular weight is 159 g/mol. The first kappa shape index (κ1) is 8.67. The minimum Gasteiger partial charge on any atom is -0.377 e. The van der Waals surface area contributed by atoms with Crippen LogP contribution in [-0.4, -0.2) is 14.1 Å². The van der Waals surface area contributed by atoms with Crippen molar-refractivity contribution in [2.24, 2.45) is 0 Å². The largest absolute Gasteiger partial charge is 0.377 e. The SMILES string of the molecule is CC#Cc1ccccc1N(C)C. The van der Waals surface area contributed by atoms with Crippen molar-refractivity contribution in [3.8, 4) is 11.8 Å². The summed E-state index contributed by atoms with van der Waals surface area (Å²) in [6.45, 7) is 1.85. The van der Waals surface area contributed by atoms with Crippen LogP contribution in [0.4, 0.5) is 5.69 Å². The molecular formula is C11H13N. The number of para-hydroxylation sites is 1. The maximum Gasteiger partial charge on any atom is 0.0520 e. The monoisotopic (exact) mass is 159 g/mol. The topological polar surface area (TPSA) is 3.24 Å². The summed E-state index contributed by atoms with van der Waals surface area (Å²) in [7, 11) is 4.05. The average Bonchev–Trinajstić information content (AvgIpc) is 2.05. The Balaban J connectivity index is 3.14. The molecule has 1 aromatic carbocycles. The molecule has 0 radical (unpaired) electrons. The Bertz CT molecular complexity index is 315. The molecule has 0 unspecified atom stereocenters. The van der Waals surface area contributed by atoms with Gasteiger partial charge in [0.25, 0.3) is 0 Å². The number of benzene rings is 1. The molecule has 1 aromatic rings. The fraction of sp³-hybridized carbons (Fsp3) is 0.273. The lowest BCUT2D eigenvalue weighted by Crippen LogP contribution is -2.09. The summed E-state index contributed by atoms with van der Waals surface area (Å²) in [4.78, 5) is 2.07. The van der Waals surface area contributed by atoms with Gasteiger partial charge in [-0.1, -0.05) is 18.1 Å². The highest BCUT2D eigenvalue weighted by Gasteiger charge is 1.98. The van der Waals surface area contributed by atoms with Crippen molar-refractivity contribution in [2.75, 3.05) is 19.0 Å². The first-order chi connectivity index (χ1) is 5.75. The molecule has 0 aliphatic carbocycles. The molecule has 1 rings (SSSR count). The van der Waals surface area contributed by atoms with Gasteiger partial charge in [-0.15, -0.1) is 5.92 Å². The van der Waals surface area contributed by atoms with E-state index in [-0.39, 0.29) is 0 Å². The lowest BCUT2D eigenvalue weighted by molar-refractivity contribution is 1.13. The maximum absolute atomic E-state index is 3.07. The minimum absolute atomic E-state index is 1.09. The van der Waals surface area contributed by atoms with Gasteiger partial charge < -0.3 is 4.90 Å². The Kier molecular flexibility index (Phi) is 2.76. The second-order valence-electron chi connectivity index (χ2n) is 2.79.